The van der Waals surface area contributed by atoms with Crippen LogP contribution in [0.5, 0.6) is 0 Å². The molecular weight excluding hydrogens is 220 g/mol. The Morgan fingerprint density at radius 1 is 1.22 bits per heavy atom. The zero-order valence-corrected chi connectivity index (χ0v) is 11.2. The van der Waals surface area contributed by atoms with E-state index in [0.29, 0.717) is 0 Å². The van der Waals surface area contributed by atoms with Gasteiger partial charge in [-0.2, -0.15) is 5.26 Å². The first kappa shape index (κ1) is 13.1. The van der Waals surface area contributed by atoms with Crippen LogP contribution < -0.4 is 0 Å². The van der Waals surface area contributed by atoms with Crippen molar-refractivity contribution in [1.29, 1.82) is 5.26 Å². The van der Waals surface area contributed by atoms with Gasteiger partial charge in [-0.05, 0) is 24.8 Å². The monoisotopic (exact) mass is 242 g/mol. The molecule has 96 valence electrons. The van der Waals surface area contributed by atoms with Gasteiger partial charge in [-0.25, -0.2) is 0 Å². The standard InChI is InChI=1S/C16H22N2/c1-2-8-16(14-17)9-11-18(12-10-16)13-15-6-4-3-5-7-15/h3-7H,2,8-13H2,1H3. The zero-order chi connectivity index (χ0) is 12.8. The summed E-state index contributed by atoms with van der Waals surface area (Å²) >= 11 is 0. The van der Waals surface area contributed by atoms with E-state index in [0.717, 1.165) is 45.3 Å². The normalized spacial score (nSPS) is 19.3. The second kappa shape index (κ2) is 6.02. The molecule has 2 nitrogen and oxygen atoms in total. The van der Waals surface area contributed by atoms with Crippen molar-refractivity contribution in [2.45, 2.75) is 39.2 Å². The molecule has 0 aromatic heterocycles. The molecule has 1 aromatic carbocycles. The van der Waals surface area contributed by atoms with Crippen LogP contribution in [0.2, 0.25) is 0 Å². The Morgan fingerprint density at radius 3 is 2.44 bits per heavy atom. The number of benzene rings is 1. The number of piperidine rings is 1. The highest BCUT2D eigenvalue weighted by molar-refractivity contribution is 5.14. The minimum atomic E-state index is -0.0397. The zero-order valence-electron chi connectivity index (χ0n) is 11.2. The lowest BCUT2D eigenvalue weighted by atomic mass is 9.76. The van der Waals surface area contributed by atoms with Crippen LogP contribution in [0.1, 0.15) is 38.2 Å². The number of hydrogen-bond acceptors (Lipinski definition) is 2. The lowest BCUT2D eigenvalue weighted by Gasteiger charge is -2.37. The molecule has 0 radical (unpaired) electrons. The van der Waals surface area contributed by atoms with Gasteiger partial charge in [0.2, 0.25) is 0 Å². The average Bonchev–Trinajstić information content (AvgIpc) is 2.43. The van der Waals surface area contributed by atoms with Gasteiger partial charge in [-0.1, -0.05) is 43.7 Å². The minimum absolute atomic E-state index is 0.0397. The predicted molar refractivity (Wildman–Crippen MR) is 73.9 cm³/mol. The fourth-order valence-electron chi connectivity index (χ4n) is 2.88. The number of nitrogens with zero attached hydrogens (tertiary/aromatic N) is 2. The Morgan fingerprint density at radius 2 is 1.89 bits per heavy atom. The molecule has 0 saturated carbocycles. The largest absolute Gasteiger partial charge is 0.299 e. The van der Waals surface area contributed by atoms with Crippen molar-refractivity contribution in [2.24, 2.45) is 5.41 Å². The molecule has 0 spiro atoms. The van der Waals surface area contributed by atoms with Crippen molar-refractivity contribution in [3.05, 3.63) is 35.9 Å². The third-order valence-electron chi connectivity index (χ3n) is 4.03. The molecule has 2 heteroatoms. The predicted octanol–water partition coefficient (Wildman–Crippen LogP) is 3.59. The summed E-state index contributed by atoms with van der Waals surface area (Å²) in [6.07, 6.45) is 4.24. The summed E-state index contributed by atoms with van der Waals surface area (Å²) in [6.45, 7) is 5.31. The maximum absolute atomic E-state index is 9.38. The summed E-state index contributed by atoms with van der Waals surface area (Å²) in [7, 11) is 0. The molecule has 0 bridgehead atoms. The van der Waals surface area contributed by atoms with E-state index in [1.54, 1.807) is 0 Å². The molecule has 0 atom stereocenters. The van der Waals surface area contributed by atoms with Crippen LogP contribution >= 0.6 is 0 Å². The Labute approximate surface area is 110 Å². The van der Waals surface area contributed by atoms with E-state index < -0.39 is 0 Å². The van der Waals surface area contributed by atoms with Crippen LogP contribution in [0.4, 0.5) is 0 Å². The van der Waals surface area contributed by atoms with E-state index in [-0.39, 0.29) is 5.41 Å². The molecule has 0 amide bonds. The third-order valence-corrected chi connectivity index (χ3v) is 4.03. The van der Waals surface area contributed by atoms with Gasteiger partial charge < -0.3 is 0 Å². The van der Waals surface area contributed by atoms with Crippen molar-refractivity contribution < 1.29 is 0 Å². The average molecular weight is 242 g/mol. The quantitative estimate of drug-likeness (QED) is 0.806. The SMILES string of the molecule is CCCC1(C#N)CCN(Cc2ccccc2)CC1. The summed E-state index contributed by atoms with van der Waals surface area (Å²) < 4.78 is 0. The fourth-order valence-corrected chi connectivity index (χ4v) is 2.88. The van der Waals surface area contributed by atoms with Gasteiger partial charge in [-0.15, -0.1) is 0 Å². The molecule has 1 aliphatic rings. The highest BCUT2D eigenvalue weighted by Gasteiger charge is 2.33. The van der Waals surface area contributed by atoms with Gasteiger partial charge >= 0.3 is 0 Å². The Kier molecular flexibility index (Phi) is 4.38. The number of likely N-dealkylation sites (tertiary alicyclic amines) is 1. The van der Waals surface area contributed by atoms with E-state index in [2.05, 4.69) is 48.2 Å². The van der Waals surface area contributed by atoms with E-state index >= 15 is 0 Å². The number of nitriles is 1. The fraction of sp³-hybridized carbons (Fsp3) is 0.562. The van der Waals surface area contributed by atoms with E-state index in [1.807, 2.05) is 0 Å². The first-order chi connectivity index (χ1) is 8.78. The van der Waals surface area contributed by atoms with Crippen LogP contribution in [0.25, 0.3) is 0 Å². The smallest absolute Gasteiger partial charge is 0.0690 e. The van der Waals surface area contributed by atoms with Gasteiger partial charge in [0.15, 0.2) is 0 Å². The first-order valence-electron chi connectivity index (χ1n) is 6.95. The van der Waals surface area contributed by atoms with Crippen molar-refractivity contribution in [1.82, 2.24) is 4.90 Å². The molecule has 0 aliphatic carbocycles. The maximum atomic E-state index is 9.38. The Bertz CT molecular complexity index is 397. The lowest BCUT2D eigenvalue weighted by Crippen LogP contribution is -2.39. The van der Waals surface area contributed by atoms with Crippen LogP contribution in [-0.4, -0.2) is 18.0 Å². The molecule has 1 fully saturated rings. The molecule has 1 saturated heterocycles. The van der Waals surface area contributed by atoms with Crippen LogP contribution in [0.3, 0.4) is 0 Å². The Hall–Kier alpha value is -1.33. The topological polar surface area (TPSA) is 27.0 Å². The van der Waals surface area contributed by atoms with Crippen LogP contribution in [0, 0.1) is 16.7 Å². The maximum Gasteiger partial charge on any atom is 0.0690 e. The molecule has 0 N–H and O–H groups in total. The minimum Gasteiger partial charge on any atom is -0.299 e. The van der Waals surface area contributed by atoms with Gasteiger partial charge in [-0.3, -0.25) is 4.90 Å². The molecule has 1 heterocycles. The summed E-state index contributed by atoms with van der Waals surface area (Å²) in [5.74, 6) is 0. The van der Waals surface area contributed by atoms with Crippen molar-refractivity contribution in [3.8, 4) is 6.07 Å². The van der Waals surface area contributed by atoms with Gasteiger partial charge in [0, 0.05) is 19.6 Å². The van der Waals surface area contributed by atoms with E-state index in [1.165, 1.54) is 5.56 Å². The van der Waals surface area contributed by atoms with Gasteiger partial charge in [0.25, 0.3) is 0 Å². The summed E-state index contributed by atoms with van der Waals surface area (Å²) in [5, 5.41) is 9.38. The summed E-state index contributed by atoms with van der Waals surface area (Å²) in [6, 6.07) is 13.2. The highest BCUT2D eigenvalue weighted by atomic mass is 15.1. The first-order valence-corrected chi connectivity index (χ1v) is 6.95. The van der Waals surface area contributed by atoms with Crippen LogP contribution in [-0.2, 0) is 6.54 Å². The second-order valence-electron chi connectivity index (χ2n) is 5.40. The molecular formula is C16H22N2. The van der Waals surface area contributed by atoms with E-state index in [4.69, 9.17) is 0 Å². The number of hydrogen-bond donors (Lipinski definition) is 0. The van der Waals surface area contributed by atoms with Crippen molar-refractivity contribution in [2.75, 3.05) is 13.1 Å². The lowest BCUT2D eigenvalue weighted by molar-refractivity contribution is 0.131. The molecule has 0 unspecified atom stereocenters. The highest BCUT2D eigenvalue weighted by Crippen LogP contribution is 2.35. The summed E-state index contributed by atoms with van der Waals surface area (Å²) in [4.78, 5) is 2.47. The second-order valence-corrected chi connectivity index (χ2v) is 5.40. The molecule has 1 aliphatic heterocycles. The number of rotatable bonds is 4. The molecule has 2 rings (SSSR count). The Balaban J connectivity index is 1.89. The molecule has 18 heavy (non-hydrogen) atoms. The third kappa shape index (κ3) is 3.11. The van der Waals surface area contributed by atoms with Gasteiger partial charge in [0.1, 0.15) is 0 Å². The van der Waals surface area contributed by atoms with Crippen LogP contribution in [0.15, 0.2) is 30.3 Å². The van der Waals surface area contributed by atoms with Crippen molar-refractivity contribution in [3.63, 3.8) is 0 Å². The van der Waals surface area contributed by atoms with Crippen molar-refractivity contribution >= 4 is 0 Å². The van der Waals surface area contributed by atoms with Gasteiger partial charge in [0.05, 0.1) is 11.5 Å². The summed E-state index contributed by atoms with van der Waals surface area (Å²) in [5.41, 5.74) is 1.33. The molecule has 1 aromatic rings. The van der Waals surface area contributed by atoms with E-state index in [9.17, 15) is 5.26 Å².